The van der Waals surface area contributed by atoms with Crippen molar-refractivity contribution in [3.05, 3.63) is 34.9 Å². The number of halogens is 1. The third-order valence-corrected chi connectivity index (χ3v) is 3.23. The lowest BCUT2D eigenvalue weighted by molar-refractivity contribution is -0.121. The molecule has 0 radical (unpaired) electrons. The number of amides is 1. The van der Waals surface area contributed by atoms with Crippen LogP contribution in [0.3, 0.4) is 0 Å². The van der Waals surface area contributed by atoms with Crippen LogP contribution in [0, 0.1) is 5.92 Å². The van der Waals surface area contributed by atoms with Crippen LogP contribution in [0.15, 0.2) is 24.3 Å². The Kier molecular flexibility index (Phi) is 4.02. The van der Waals surface area contributed by atoms with Gasteiger partial charge in [-0.1, -0.05) is 23.7 Å². The predicted molar refractivity (Wildman–Crippen MR) is 69.0 cm³/mol. The third kappa shape index (κ3) is 3.45. The molecule has 3 nitrogen and oxygen atoms in total. The molecule has 1 aromatic carbocycles. The maximum Gasteiger partial charge on any atom is 0.234 e. The molecule has 1 aromatic rings. The van der Waals surface area contributed by atoms with Crippen LogP contribution in [0.1, 0.15) is 24.4 Å². The molecule has 1 aliphatic carbocycles. The Labute approximate surface area is 107 Å². The molecule has 0 spiro atoms. The normalized spacial score (nSPS) is 16.6. The highest BCUT2D eigenvalue weighted by molar-refractivity contribution is 6.30. The van der Waals surface area contributed by atoms with E-state index < -0.39 is 0 Å². The molecule has 1 amide bonds. The summed E-state index contributed by atoms with van der Waals surface area (Å²) < 4.78 is 0. The van der Waals surface area contributed by atoms with Gasteiger partial charge in [0.2, 0.25) is 5.91 Å². The SMILES string of the molecule is CNCC(=O)NC(c1ccc(Cl)cc1)C1CC1. The monoisotopic (exact) mass is 252 g/mol. The van der Waals surface area contributed by atoms with Gasteiger partial charge in [-0.25, -0.2) is 0 Å². The quantitative estimate of drug-likeness (QED) is 0.843. The second kappa shape index (κ2) is 5.52. The van der Waals surface area contributed by atoms with E-state index in [1.54, 1.807) is 7.05 Å². The summed E-state index contributed by atoms with van der Waals surface area (Å²) in [6.07, 6.45) is 2.38. The molecule has 17 heavy (non-hydrogen) atoms. The van der Waals surface area contributed by atoms with E-state index in [0.29, 0.717) is 12.5 Å². The fourth-order valence-electron chi connectivity index (χ4n) is 1.96. The van der Waals surface area contributed by atoms with Gasteiger partial charge in [0.05, 0.1) is 12.6 Å². The van der Waals surface area contributed by atoms with Gasteiger partial charge in [0, 0.05) is 5.02 Å². The summed E-state index contributed by atoms with van der Waals surface area (Å²) in [6.45, 7) is 0.358. The molecule has 92 valence electrons. The second-order valence-corrected chi connectivity index (χ2v) is 4.90. The highest BCUT2D eigenvalue weighted by atomic mass is 35.5. The number of carbonyl (C=O) groups is 1. The molecule has 1 atom stereocenters. The van der Waals surface area contributed by atoms with Gasteiger partial charge in [0.1, 0.15) is 0 Å². The van der Waals surface area contributed by atoms with Crippen molar-refractivity contribution in [2.75, 3.05) is 13.6 Å². The molecule has 1 unspecified atom stereocenters. The van der Waals surface area contributed by atoms with Crippen molar-refractivity contribution in [3.8, 4) is 0 Å². The zero-order valence-corrected chi connectivity index (χ0v) is 10.6. The van der Waals surface area contributed by atoms with Gasteiger partial charge in [-0.2, -0.15) is 0 Å². The molecular weight excluding hydrogens is 236 g/mol. The largest absolute Gasteiger partial charge is 0.348 e. The highest BCUT2D eigenvalue weighted by Gasteiger charge is 2.33. The second-order valence-electron chi connectivity index (χ2n) is 4.46. The summed E-state index contributed by atoms with van der Waals surface area (Å²) in [5.41, 5.74) is 1.14. The van der Waals surface area contributed by atoms with Crippen LogP contribution in [0.4, 0.5) is 0 Å². The summed E-state index contributed by atoms with van der Waals surface area (Å²) in [5.74, 6) is 0.622. The maximum absolute atomic E-state index is 11.6. The molecule has 0 aliphatic heterocycles. The van der Waals surface area contributed by atoms with Crippen LogP contribution in [-0.2, 0) is 4.79 Å². The molecule has 4 heteroatoms. The van der Waals surface area contributed by atoms with E-state index in [0.717, 1.165) is 10.6 Å². The first-order valence-corrected chi connectivity index (χ1v) is 6.28. The number of hydrogen-bond donors (Lipinski definition) is 2. The summed E-state index contributed by atoms with van der Waals surface area (Å²) in [5, 5.41) is 6.66. The Morgan fingerprint density at radius 3 is 2.59 bits per heavy atom. The van der Waals surface area contributed by atoms with Gasteiger partial charge in [-0.3, -0.25) is 4.79 Å². The van der Waals surface area contributed by atoms with E-state index in [1.807, 2.05) is 24.3 Å². The summed E-state index contributed by atoms with van der Waals surface area (Å²) in [7, 11) is 1.77. The maximum atomic E-state index is 11.6. The van der Waals surface area contributed by atoms with Crippen LogP contribution < -0.4 is 10.6 Å². The lowest BCUT2D eigenvalue weighted by atomic mass is 10.0. The Bertz CT molecular complexity index is 387. The van der Waals surface area contributed by atoms with Gasteiger partial charge in [-0.15, -0.1) is 0 Å². The first-order chi connectivity index (χ1) is 8.20. The first-order valence-electron chi connectivity index (χ1n) is 5.90. The zero-order valence-electron chi connectivity index (χ0n) is 9.87. The Balaban J connectivity index is 2.06. The van der Waals surface area contributed by atoms with Crippen LogP contribution in [0.25, 0.3) is 0 Å². The number of carbonyl (C=O) groups excluding carboxylic acids is 1. The summed E-state index contributed by atoms with van der Waals surface area (Å²) >= 11 is 5.87. The van der Waals surface area contributed by atoms with Crippen LogP contribution in [0.2, 0.25) is 5.02 Å². The molecule has 0 heterocycles. The van der Waals surface area contributed by atoms with Gasteiger partial charge in [-0.05, 0) is 43.5 Å². The first kappa shape index (κ1) is 12.4. The number of nitrogens with one attached hydrogen (secondary N) is 2. The summed E-state index contributed by atoms with van der Waals surface area (Å²) in [4.78, 5) is 11.6. The van der Waals surface area contributed by atoms with E-state index >= 15 is 0 Å². The van der Waals surface area contributed by atoms with E-state index in [2.05, 4.69) is 10.6 Å². The standard InChI is InChI=1S/C13H17ClN2O/c1-15-8-12(17)16-13(9-2-3-9)10-4-6-11(14)7-5-10/h4-7,9,13,15H,2-3,8H2,1H3,(H,16,17). The van der Waals surface area contributed by atoms with Crippen molar-refractivity contribution in [1.29, 1.82) is 0 Å². The minimum Gasteiger partial charge on any atom is -0.348 e. The van der Waals surface area contributed by atoms with Gasteiger partial charge < -0.3 is 10.6 Å². The number of likely N-dealkylation sites (N-methyl/N-ethyl adjacent to an activating group) is 1. The lowest BCUT2D eigenvalue weighted by Gasteiger charge is -2.18. The molecular formula is C13H17ClN2O. The summed E-state index contributed by atoms with van der Waals surface area (Å²) in [6, 6.07) is 7.86. The molecule has 2 rings (SSSR count). The Morgan fingerprint density at radius 2 is 2.06 bits per heavy atom. The van der Waals surface area contributed by atoms with Crippen molar-refractivity contribution in [2.45, 2.75) is 18.9 Å². The zero-order chi connectivity index (χ0) is 12.3. The molecule has 1 aliphatic rings. The molecule has 0 saturated heterocycles. The van der Waals surface area contributed by atoms with E-state index in [-0.39, 0.29) is 11.9 Å². The molecule has 1 fully saturated rings. The average molecular weight is 253 g/mol. The van der Waals surface area contributed by atoms with Gasteiger partial charge >= 0.3 is 0 Å². The fraction of sp³-hybridized carbons (Fsp3) is 0.462. The number of rotatable bonds is 5. The minimum atomic E-state index is 0.0411. The van der Waals surface area contributed by atoms with E-state index in [1.165, 1.54) is 12.8 Å². The van der Waals surface area contributed by atoms with Crippen molar-refractivity contribution >= 4 is 17.5 Å². The fourth-order valence-corrected chi connectivity index (χ4v) is 2.08. The van der Waals surface area contributed by atoms with Crippen LogP contribution in [-0.4, -0.2) is 19.5 Å². The average Bonchev–Trinajstić information content (AvgIpc) is 3.12. The minimum absolute atomic E-state index is 0.0411. The van der Waals surface area contributed by atoms with Gasteiger partial charge in [0.25, 0.3) is 0 Å². The number of hydrogen-bond acceptors (Lipinski definition) is 2. The smallest absolute Gasteiger partial charge is 0.234 e. The van der Waals surface area contributed by atoms with Crippen LogP contribution in [0.5, 0.6) is 0 Å². The number of benzene rings is 1. The van der Waals surface area contributed by atoms with Crippen molar-refractivity contribution in [1.82, 2.24) is 10.6 Å². The van der Waals surface area contributed by atoms with Crippen molar-refractivity contribution < 1.29 is 4.79 Å². The topological polar surface area (TPSA) is 41.1 Å². The van der Waals surface area contributed by atoms with Crippen LogP contribution >= 0.6 is 11.6 Å². The van der Waals surface area contributed by atoms with E-state index in [9.17, 15) is 4.79 Å². The Hall–Kier alpha value is -1.06. The molecule has 2 N–H and O–H groups in total. The predicted octanol–water partition coefficient (Wildman–Crippen LogP) is 2.13. The molecule has 0 aromatic heterocycles. The highest BCUT2D eigenvalue weighted by Crippen LogP contribution is 2.41. The Morgan fingerprint density at radius 1 is 1.41 bits per heavy atom. The van der Waals surface area contributed by atoms with E-state index in [4.69, 9.17) is 11.6 Å². The van der Waals surface area contributed by atoms with Crippen molar-refractivity contribution in [3.63, 3.8) is 0 Å². The molecule has 1 saturated carbocycles. The molecule has 0 bridgehead atoms. The van der Waals surface area contributed by atoms with Gasteiger partial charge in [0.15, 0.2) is 0 Å². The van der Waals surface area contributed by atoms with Crippen molar-refractivity contribution in [2.24, 2.45) is 5.92 Å². The third-order valence-electron chi connectivity index (χ3n) is 2.98. The lowest BCUT2D eigenvalue weighted by Crippen LogP contribution is -2.35.